The summed E-state index contributed by atoms with van der Waals surface area (Å²) < 4.78 is 5.62. The Balaban J connectivity index is 1.07. The number of alkyl carbamates (subject to hydrolysis) is 1. The van der Waals surface area contributed by atoms with Gasteiger partial charge in [-0.05, 0) is 53.4 Å². The molecule has 2 unspecified atom stereocenters. The van der Waals surface area contributed by atoms with Gasteiger partial charge in [-0.1, -0.05) is 55.5 Å². The summed E-state index contributed by atoms with van der Waals surface area (Å²) in [5, 5.41) is 12.3. The predicted molar refractivity (Wildman–Crippen MR) is 131 cm³/mol. The van der Waals surface area contributed by atoms with Gasteiger partial charge < -0.3 is 20.1 Å². The Morgan fingerprint density at radius 3 is 2.23 bits per heavy atom. The summed E-state index contributed by atoms with van der Waals surface area (Å²) in [4.78, 5) is 38.3. The van der Waals surface area contributed by atoms with Gasteiger partial charge in [-0.25, -0.2) is 4.79 Å². The number of benzene rings is 2. The van der Waals surface area contributed by atoms with Gasteiger partial charge in [0.25, 0.3) is 0 Å². The third kappa shape index (κ3) is 4.90. The number of amides is 2. The number of carboxylic acid groups (broad SMARTS) is 1. The van der Waals surface area contributed by atoms with Crippen molar-refractivity contribution < 1.29 is 24.2 Å². The number of carbonyl (C=O) groups is 3. The molecule has 0 bridgehead atoms. The topological polar surface area (TPSA) is 95.9 Å². The lowest BCUT2D eigenvalue weighted by atomic mass is 9.77. The number of rotatable bonds is 6. The highest BCUT2D eigenvalue weighted by Gasteiger charge is 2.37. The van der Waals surface area contributed by atoms with Gasteiger partial charge in [-0.15, -0.1) is 0 Å². The number of fused-ring (bicyclic) bond motifs is 3. The normalized spacial score (nSPS) is 25.2. The molecule has 3 aliphatic rings. The van der Waals surface area contributed by atoms with Crippen LogP contribution < -0.4 is 5.32 Å². The molecule has 2 N–H and O–H groups in total. The fourth-order valence-electron chi connectivity index (χ4n) is 5.94. The summed E-state index contributed by atoms with van der Waals surface area (Å²) in [6.45, 7) is 3.20. The quantitative estimate of drug-likeness (QED) is 0.649. The monoisotopic (exact) mass is 476 g/mol. The first kappa shape index (κ1) is 23.4. The van der Waals surface area contributed by atoms with Crippen LogP contribution >= 0.6 is 0 Å². The molecule has 0 spiro atoms. The van der Waals surface area contributed by atoms with Crippen molar-refractivity contribution in [2.45, 2.75) is 44.6 Å². The number of hydrogen-bond acceptors (Lipinski definition) is 4. The molecule has 5 rings (SSSR count). The van der Waals surface area contributed by atoms with E-state index in [1.54, 1.807) is 4.90 Å². The highest BCUT2D eigenvalue weighted by molar-refractivity contribution is 5.79. The van der Waals surface area contributed by atoms with Crippen LogP contribution in [0.3, 0.4) is 0 Å². The number of aliphatic carboxylic acids is 1. The Morgan fingerprint density at radius 1 is 0.971 bits per heavy atom. The molecule has 2 aromatic carbocycles. The van der Waals surface area contributed by atoms with E-state index in [0.29, 0.717) is 25.9 Å². The third-order valence-corrected chi connectivity index (χ3v) is 7.73. The van der Waals surface area contributed by atoms with Gasteiger partial charge in [0.15, 0.2) is 0 Å². The van der Waals surface area contributed by atoms with Crippen molar-refractivity contribution in [2.24, 2.45) is 17.8 Å². The molecule has 1 saturated heterocycles. The Kier molecular flexibility index (Phi) is 6.50. The van der Waals surface area contributed by atoms with Crippen molar-refractivity contribution in [3.8, 4) is 11.1 Å². The number of nitrogens with zero attached hydrogens (tertiary/aromatic N) is 1. The van der Waals surface area contributed by atoms with Crippen molar-refractivity contribution in [2.75, 3.05) is 19.7 Å². The molecular formula is C28H32N2O5. The molecule has 0 radical (unpaired) electrons. The van der Waals surface area contributed by atoms with E-state index in [0.717, 1.165) is 12.8 Å². The molecule has 2 aromatic rings. The highest BCUT2D eigenvalue weighted by atomic mass is 16.5. The minimum Gasteiger partial charge on any atom is -0.481 e. The summed E-state index contributed by atoms with van der Waals surface area (Å²) in [6, 6.07) is 16.5. The Hall–Kier alpha value is -3.35. The summed E-state index contributed by atoms with van der Waals surface area (Å²) in [6.07, 6.45) is 2.08. The van der Waals surface area contributed by atoms with Crippen LogP contribution in [0.4, 0.5) is 4.79 Å². The number of piperidine rings is 1. The lowest BCUT2D eigenvalue weighted by Crippen LogP contribution is -2.49. The summed E-state index contributed by atoms with van der Waals surface area (Å²) >= 11 is 0. The summed E-state index contributed by atoms with van der Waals surface area (Å²) in [5.74, 6) is -0.855. The van der Waals surface area contributed by atoms with Gasteiger partial charge in [0.1, 0.15) is 6.61 Å². The second-order valence-electron chi connectivity index (χ2n) is 10.4. The second-order valence-corrected chi connectivity index (χ2v) is 10.4. The Morgan fingerprint density at radius 2 is 1.60 bits per heavy atom. The molecule has 2 fully saturated rings. The summed E-state index contributed by atoms with van der Waals surface area (Å²) in [5.41, 5.74) is 4.75. The van der Waals surface area contributed by atoms with Crippen LogP contribution in [0.25, 0.3) is 11.1 Å². The van der Waals surface area contributed by atoms with Crippen LogP contribution in [0.15, 0.2) is 48.5 Å². The number of carbonyl (C=O) groups excluding carboxylic acids is 2. The minimum absolute atomic E-state index is 0.00972. The zero-order chi connectivity index (χ0) is 24.5. The molecule has 0 aromatic heterocycles. The first-order valence-corrected chi connectivity index (χ1v) is 12.5. The fraction of sp³-hybridized carbons (Fsp3) is 0.464. The van der Waals surface area contributed by atoms with Crippen molar-refractivity contribution in [3.63, 3.8) is 0 Å². The lowest BCUT2D eigenvalue weighted by Gasteiger charge is -2.39. The summed E-state index contributed by atoms with van der Waals surface area (Å²) in [7, 11) is 0. The Labute approximate surface area is 205 Å². The maximum atomic E-state index is 12.7. The third-order valence-electron chi connectivity index (χ3n) is 7.73. The van der Waals surface area contributed by atoms with E-state index in [1.807, 2.05) is 31.2 Å². The molecule has 2 aliphatic carbocycles. The first-order chi connectivity index (χ1) is 16.9. The van der Waals surface area contributed by atoms with Crippen LogP contribution in [-0.4, -0.2) is 53.7 Å². The zero-order valence-corrected chi connectivity index (χ0v) is 20.0. The molecule has 1 aliphatic heterocycles. The van der Waals surface area contributed by atoms with Crippen molar-refractivity contribution in [1.82, 2.24) is 10.2 Å². The number of nitrogens with one attached hydrogen (secondary N) is 1. The van der Waals surface area contributed by atoms with Gasteiger partial charge in [-0.2, -0.15) is 0 Å². The van der Waals surface area contributed by atoms with Crippen molar-refractivity contribution in [3.05, 3.63) is 59.7 Å². The van der Waals surface area contributed by atoms with Gasteiger partial charge in [0.2, 0.25) is 5.91 Å². The molecule has 2 atom stereocenters. The van der Waals surface area contributed by atoms with Gasteiger partial charge in [-0.3, -0.25) is 9.59 Å². The predicted octanol–water partition coefficient (Wildman–Crippen LogP) is 4.26. The van der Waals surface area contributed by atoms with E-state index in [9.17, 15) is 19.5 Å². The van der Waals surface area contributed by atoms with E-state index in [1.165, 1.54) is 22.3 Å². The molecule has 7 heteroatoms. The van der Waals surface area contributed by atoms with E-state index in [-0.39, 0.29) is 36.3 Å². The van der Waals surface area contributed by atoms with E-state index in [2.05, 4.69) is 29.6 Å². The number of carboxylic acids is 1. The fourth-order valence-corrected chi connectivity index (χ4v) is 5.94. The standard InChI is InChI=1S/C28H32N2O5/c1-17-10-19(27(32)33)15-30(14-17)26(31)13-18-11-20(12-18)29-28(34)35-16-25-23-8-4-2-6-21(23)22-7-3-5-9-24(22)25/h2-9,17-20,25H,10-16H2,1H3,(H,29,34)(H,32,33). The lowest BCUT2D eigenvalue weighted by molar-refractivity contribution is -0.147. The van der Waals surface area contributed by atoms with Crippen molar-refractivity contribution in [1.29, 1.82) is 0 Å². The van der Waals surface area contributed by atoms with Crippen LogP contribution in [0.1, 0.15) is 49.7 Å². The molecule has 7 nitrogen and oxygen atoms in total. The van der Waals surface area contributed by atoms with Gasteiger partial charge >= 0.3 is 12.1 Å². The zero-order valence-electron chi connectivity index (χ0n) is 20.0. The average molecular weight is 477 g/mol. The number of ether oxygens (including phenoxy) is 1. The molecular weight excluding hydrogens is 444 g/mol. The minimum atomic E-state index is -0.828. The molecule has 2 amide bonds. The number of likely N-dealkylation sites (tertiary alicyclic amines) is 1. The smallest absolute Gasteiger partial charge is 0.407 e. The average Bonchev–Trinajstić information content (AvgIpc) is 3.14. The van der Waals surface area contributed by atoms with Crippen LogP contribution in [-0.2, 0) is 14.3 Å². The SMILES string of the molecule is CC1CC(C(=O)O)CN(C(=O)CC2CC(NC(=O)OCC3c4ccccc4-c4ccccc43)C2)C1. The molecule has 184 valence electrons. The molecule has 35 heavy (non-hydrogen) atoms. The van der Waals surface area contributed by atoms with E-state index >= 15 is 0 Å². The maximum absolute atomic E-state index is 12.7. The first-order valence-electron chi connectivity index (χ1n) is 12.5. The van der Waals surface area contributed by atoms with Crippen LogP contribution in [0.5, 0.6) is 0 Å². The highest BCUT2D eigenvalue weighted by Crippen LogP contribution is 2.44. The van der Waals surface area contributed by atoms with Crippen LogP contribution in [0.2, 0.25) is 0 Å². The van der Waals surface area contributed by atoms with E-state index < -0.39 is 18.0 Å². The molecule has 1 saturated carbocycles. The van der Waals surface area contributed by atoms with E-state index in [4.69, 9.17) is 4.74 Å². The second kappa shape index (κ2) is 9.72. The molecule has 1 heterocycles. The van der Waals surface area contributed by atoms with Gasteiger partial charge in [0.05, 0.1) is 5.92 Å². The van der Waals surface area contributed by atoms with Crippen molar-refractivity contribution >= 4 is 18.0 Å². The maximum Gasteiger partial charge on any atom is 0.407 e. The largest absolute Gasteiger partial charge is 0.481 e. The number of hydrogen-bond donors (Lipinski definition) is 2. The van der Waals surface area contributed by atoms with Gasteiger partial charge in [0, 0.05) is 31.5 Å². The Bertz CT molecular complexity index is 1080. The van der Waals surface area contributed by atoms with Crippen LogP contribution in [0, 0.1) is 17.8 Å².